The number of aryl methyl sites for hydroxylation is 2. The fourth-order valence-electron chi connectivity index (χ4n) is 1.61. The first-order valence-corrected chi connectivity index (χ1v) is 6.64. The molecule has 1 aromatic carbocycles. The van der Waals surface area contributed by atoms with Crippen LogP contribution in [0.3, 0.4) is 0 Å². The Morgan fingerprint density at radius 1 is 1.26 bits per heavy atom. The Kier molecular flexibility index (Phi) is 5.50. The number of anilines is 1. The van der Waals surface area contributed by atoms with Gasteiger partial charge >= 0.3 is 11.8 Å². The van der Waals surface area contributed by atoms with Crippen LogP contribution in [0, 0.1) is 13.8 Å². The number of aliphatic hydroxyl groups is 1. The van der Waals surface area contributed by atoms with Crippen LogP contribution in [0.5, 0.6) is 0 Å². The Morgan fingerprint density at radius 3 is 2.26 bits per heavy atom. The molecule has 0 radical (unpaired) electrons. The molecule has 1 atom stereocenters. The summed E-state index contributed by atoms with van der Waals surface area (Å²) < 4.78 is 0.916. The predicted molar refractivity (Wildman–Crippen MR) is 76.9 cm³/mol. The first kappa shape index (κ1) is 15.7. The van der Waals surface area contributed by atoms with Gasteiger partial charge in [0.05, 0.1) is 6.61 Å². The minimum atomic E-state index is -0.761. The SMILES string of the molecule is Cc1cc(Br)cc(C)c1NC(=O)C(=O)NC(C)CO. The van der Waals surface area contributed by atoms with Gasteiger partial charge in [-0.05, 0) is 44.0 Å². The number of benzene rings is 1. The number of amides is 2. The summed E-state index contributed by atoms with van der Waals surface area (Å²) in [6, 6.07) is 3.26. The van der Waals surface area contributed by atoms with Crippen LogP contribution in [0.15, 0.2) is 16.6 Å². The topological polar surface area (TPSA) is 78.4 Å². The molecule has 0 aliphatic rings. The molecule has 0 spiro atoms. The van der Waals surface area contributed by atoms with Crippen LogP contribution >= 0.6 is 15.9 Å². The van der Waals surface area contributed by atoms with E-state index in [4.69, 9.17) is 5.11 Å². The standard InChI is InChI=1S/C13H17BrN2O3/c1-7-4-10(14)5-8(2)11(7)16-13(19)12(18)15-9(3)6-17/h4-5,9,17H,6H2,1-3H3,(H,15,18)(H,16,19). The van der Waals surface area contributed by atoms with E-state index in [9.17, 15) is 9.59 Å². The number of hydrogen-bond donors (Lipinski definition) is 3. The van der Waals surface area contributed by atoms with Gasteiger partial charge in [-0.1, -0.05) is 15.9 Å². The van der Waals surface area contributed by atoms with Gasteiger partial charge in [0.25, 0.3) is 0 Å². The van der Waals surface area contributed by atoms with Gasteiger partial charge in [0, 0.05) is 16.2 Å². The number of halogens is 1. The van der Waals surface area contributed by atoms with Gasteiger partial charge in [-0.25, -0.2) is 0 Å². The van der Waals surface area contributed by atoms with Crippen molar-refractivity contribution in [2.24, 2.45) is 0 Å². The van der Waals surface area contributed by atoms with Crippen molar-refractivity contribution in [2.45, 2.75) is 26.8 Å². The summed E-state index contributed by atoms with van der Waals surface area (Å²) in [5, 5.41) is 13.8. The summed E-state index contributed by atoms with van der Waals surface area (Å²) in [5.74, 6) is -1.50. The van der Waals surface area contributed by atoms with Gasteiger partial charge < -0.3 is 15.7 Å². The highest BCUT2D eigenvalue weighted by molar-refractivity contribution is 9.10. The molecule has 0 aliphatic heterocycles. The van der Waals surface area contributed by atoms with Crippen molar-refractivity contribution >= 4 is 33.4 Å². The maximum Gasteiger partial charge on any atom is 0.313 e. The second kappa shape index (κ2) is 6.68. The molecule has 1 rings (SSSR count). The Labute approximate surface area is 120 Å². The minimum absolute atomic E-state index is 0.213. The van der Waals surface area contributed by atoms with Gasteiger partial charge in [0.15, 0.2) is 0 Å². The lowest BCUT2D eigenvalue weighted by atomic mass is 10.1. The molecule has 0 aliphatic carbocycles. The number of carbonyl (C=O) groups is 2. The lowest BCUT2D eigenvalue weighted by Crippen LogP contribution is -2.42. The maximum absolute atomic E-state index is 11.7. The van der Waals surface area contributed by atoms with Crippen molar-refractivity contribution in [2.75, 3.05) is 11.9 Å². The van der Waals surface area contributed by atoms with Gasteiger partial charge in [-0.2, -0.15) is 0 Å². The van der Waals surface area contributed by atoms with E-state index >= 15 is 0 Å². The van der Waals surface area contributed by atoms with Gasteiger partial charge in [-0.3, -0.25) is 9.59 Å². The molecule has 19 heavy (non-hydrogen) atoms. The van der Waals surface area contributed by atoms with Crippen LogP contribution in [0.25, 0.3) is 0 Å². The number of hydrogen-bond acceptors (Lipinski definition) is 3. The monoisotopic (exact) mass is 328 g/mol. The van der Waals surface area contributed by atoms with E-state index in [1.807, 2.05) is 26.0 Å². The smallest absolute Gasteiger partial charge is 0.313 e. The summed E-state index contributed by atoms with van der Waals surface area (Å²) >= 11 is 3.36. The highest BCUT2D eigenvalue weighted by Gasteiger charge is 2.17. The normalized spacial score (nSPS) is 11.8. The van der Waals surface area contributed by atoms with Crippen molar-refractivity contribution in [3.63, 3.8) is 0 Å². The van der Waals surface area contributed by atoms with E-state index < -0.39 is 17.9 Å². The van der Waals surface area contributed by atoms with E-state index in [1.54, 1.807) is 6.92 Å². The van der Waals surface area contributed by atoms with Crippen LogP contribution in [-0.4, -0.2) is 29.6 Å². The second-order valence-corrected chi connectivity index (χ2v) is 5.34. The molecule has 1 unspecified atom stereocenters. The van der Waals surface area contributed by atoms with Gasteiger partial charge in [0.2, 0.25) is 0 Å². The molecule has 3 N–H and O–H groups in total. The molecule has 2 amide bonds. The van der Waals surface area contributed by atoms with E-state index in [2.05, 4.69) is 26.6 Å². The zero-order valence-corrected chi connectivity index (χ0v) is 12.7. The summed E-state index contributed by atoms with van der Waals surface area (Å²) in [7, 11) is 0. The third kappa shape index (κ3) is 4.33. The van der Waals surface area contributed by atoms with Crippen LogP contribution in [0.4, 0.5) is 5.69 Å². The molecule has 6 heteroatoms. The summed E-state index contributed by atoms with van der Waals surface area (Å²) in [5.41, 5.74) is 2.35. The minimum Gasteiger partial charge on any atom is -0.394 e. The van der Waals surface area contributed by atoms with E-state index in [-0.39, 0.29) is 6.61 Å². The molecular formula is C13H17BrN2O3. The average molecular weight is 329 g/mol. The molecule has 0 aromatic heterocycles. The van der Waals surface area contributed by atoms with E-state index in [0.29, 0.717) is 5.69 Å². The van der Waals surface area contributed by atoms with Crippen LogP contribution in [-0.2, 0) is 9.59 Å². The van der Waals surface area contributed by atoms with Crippen molar-refractivity contribution < 1.29 is 14.7 Å². The first-order valence-electron chi connectivity index (χ1n) is 5.84. The molecule has 0 fully saturated rings. The molecular weight excluding hydrogens is 312 g/mol. The quantitative estimate of drug-likeness (QED) is 0.736. The van der Waals surface area contributed by atoms with Crippen molar-refractivity contribution in [3.8, 4) is 0 Å². The summed E-state index contributed by atoms with van der Waals surface area (Å²) in [4.78, 5) is 23.3. The Bertz CT molecular complexity index is 480. The van der Waals surface area contributed by atoms with Crippen LogP contribution in [0.1, 0.15) is 18.1 Å². The summed E-state index contributed by atoms with van der Waals surface area (Å²) in [6.45, 7) is 5.10. The Hall–Kier alpha value is -1.40. The lowest BCUT2D eigenvalue weighted by molar-refractivity contribution is -0.136. The number of rotatable bonds is 3. The highest BCUT2D eigenvalue weighted by atomic mass is 79.9. The lowest BCUT2D eigenvalue weighted by Gasteiger charge is -2.14. The van der Waals surface area contributed by atoms with Crippen molar-refractivity contribution in [3.05, 3.63) is 27.7 Å². The number of aliphatic hydroxyl groups excluding tert-OH is 1. The number of nitrogens with one attached hydrogen (secondary N) is 2. The van der Waals surface area contributed by atoms with Crippen molar-refractivity contribution in [1.29, 1.82) is 0 Å². The molecule has 5 nitrogen and oxygen atoms in total. The van der Waals surface area contributed by atoms with Gasteiger partial charge in [0.1, 0.15) is 0 Å². The number of carbonyl (C=O) groups excluding carboxylic acids is 2. The van der Waals surface area contributed by atoms with Gasteiger partial charge in [-0.15, -0.1) is 0 Å². The van der Waals surface area contributed by atoms with E-state index in [0.717, 1.165) is 15.6 Å². The molecule has 0 bridgehead atoms. The zero-order valence-electron chi connectivity index (χ0n) is 11.1. The maximum atomic E-state index is 11.7. The third-order valence-electron chi connectivity index (χ3n) is 2.59. The molecule has 1 aromatic rings. The highest BCUT2D eigenvalue weighted by Crippen LogP contribution is 2.24. The second-order valence-electron chi connectivity index (χ2n) is 4.43. The fourth-order valence-corrected chi connectivity index (χ4v) is 2.30. The third-order valence-corrected chi connectivity index (χ3v) is 3.05. The van der Waals surface area contributed by atoms with Crippen LogP contribution in [0.2, 0.25) is 0 Å². The fraction of sp³-hybridized carbons (Fsp3) is 0.385. The molecule has 0 heterocycles. The average Bonchev–Trinajstić information content (AvgIpc) is 2.32. The summed E-state index contributed by atoms with van der Waals surface area (Å²) in [6.07, 6.45) is 0. The Balaban J connectivity index is 2.80. The largest absolute Gasteiger partial charge is 0.394 e. The Morgan fingerprint density at radius 2 is 1.79 bits per heavy atom. The zero-order chi connectivity index (χ0) is 14.6. The first-order chi connectivity index (χ1) is 8.85. The van der Waals surface area contributed by atoms with Crippen LogP contribution < -0.4 is 10.6 Å². The predicted octanol–water partition coefficient (Wildman–Crippen LogP) is 1.50. The molecule has 0 saturated heterocycles. The molecule has 104 valence electrons. The van der Waals surface area contributed by atoms with E-state index in [1.165, 1.54) is 0 Å². The van der Waals surface area contributed by atoms with Crippen molar-refractivity contribution in [1.82, 2.24) is 5.32 Å². The molecule has 0 saturated carbocycles.